The number of rotatable bonds is 8. The maximum Gasteiger partial charge on any atom is 0.303 e. The first kappa shape index (κ1) is 26.2. The van der Waals surface area contributed by atoms with Gasteiger partial charge >= 0.3 is 5.97 Å². The molecule has 1 heterocycles. The van der Waals surface area contributed by atoms with E-state index in [0.29, 0.717) is 23.7 Å². The summed E-state index contributed by atoms with van der Waals surface area (Å²) in [6.07, 6.45) is 1.33. The molecular formula is C29H35NO5S. The number of nitrogens with zero attached hydrogens (tertiary/aromatic N) is 1. The molecule has 36 heavy (non-hydrogen) atoms. The number of benzene rings is 3. The lowest BCUT2D eigenvalue weighted by Crippen LogP contribution is -2.33. The van der Waals surface area contributed by atoms with Crippen molar-refractivity contribution in [1.29, 1.82) is 0 Å². The molecule has 3 N–H and O–H groups in total. The number of hydrogen-bond donors (Lipinski definition) is 3. The number of para-hydroxylation sites is 1. The van der Waals surface area contributed by atoms with Crippen molar-refractivity contribution in [3.63, 3.8) is 0 Å². The summed E-state index contributed by atoms with van der Waals surface area (Å²) in [7, 11) is -3.25. The molecule has 2 unspecified atom stereocenters. The topological polar surface area (TPSA) is 90.2 Å². The minimum atomic E-state index is -3.25. The number of hydrogen-bond acceptors (Lipinski definition) is 5. The molecule has 7 heteroatoms. The van der Waals surface area contributed by atoms with E-state index in [1.54, 1.807) is 22.5 Å². The van der Waals surface area contributed by atoms with Crippen molar-refractivity contribution >= 4 is 16.7 Å². The van der Waals surface area contributed by atoms with Crippen LogP contribution in [-0.2, 0) is 17.8 Å². The number of carboxylic acid groups (broad SMARTS) is 1. The Labute approximate surface area is 215 Å². The van der Waals surface area contributed by atoms with Crippen LogP contribution in [0.5, 0.6) is 5.75 Å². The molecule has 1 aliphatic rings. The van der Waals surface area contributed by atoms with Crippen molar-refractivity contribution in [2.75, 3.05) is 6.54 Å². The van der Waals surface area contributed by atoms with Gasteiger partial charge in [0.2, 0.25) is 0 Å². The highest BCUT2D eigenvalue weighted by molar-refractivity contribution is 8.22. The molecule has 0 amide bonds. The Morgan fingerprint density at radius 2 is 1.81 bits per heavy atom. The zero-order valence-electron chi connectivity index (χ0n) is 21.1. The molecule has 0 spiro atoms. The minimum Gasteiger partial charge on any atom is -0.487 e. The van der Waals surface area contributed by atoms with Gasteiger partial charge in [-0.3, -0.25) is 13.9 Å². The van der Waals surface area contributed by atoms with Gasteiger partial charge in [-0.1, -0.05) is 60.2 Å². The van der Waals surface area contributed by atoms with Gasteiger partial charge < -0.3 is 9.84 Å². The maximum atomic E-state index is 11.7. The average molecular weight is 510 g/mol. The van der Waals surface area contributed by atoms with Crippen LogP contribution in [0, 0.1) is 13.8 Å². The number of aliphatic carboxylic acids is 1. The molecule has 1 aliphatic heterocycles. The Bertz CT molecular complexity index is 1210. The highest BCUT2D eigenvalue weighted by atomic mass is 32.3. The Kier molecular flexibility index (Phi) is 8.05. The van der Waals surface area contributed by atoms with E-state index in [0.717, 1.165) is 29.5 Å². The summed E-state index contributed by atoms with van der Waals surface area (Å²) in [4.78, 5) is 12.1. The standard InChI is InChI=1S/C29H35NO5S/c1-20-8-11-23(12-9-20)13-15-25(17-29(31)32)24-14-10-21(2)26(16-24)19-30-18-22(3)35-27-6-4-5-7-28(27)36(30,33)34/h4-12,14,16,22,25,33-34H,13,15,17-19H2,1-3H3,(H,31,32). The first-order valence-electron chi connectivity index (χ1n) is 12.3. The third-order valence-corrected chi connectivity index (χ3v) is 8.73. The largest absolute Gasteiger partial charge is 0.487 e. The highest BCUT2D eigenvalue weighted by Gasteiger charge is 2.34. The van der Waals surface area contributed by atoms with E-state index >= 15 is 0 Å². The zero-order valence-corrected chi connectivity index (χ0v) is 21.9. The summed E-state index contributed by atoms with van der Waals surface area (Å²) < 4.78 is 30.2. The monoisotopic (exact) mass is 509 g/mol. The van der Waals surface area contributed by atoms with Crippen molar-refractivity contribution < 1.29 is 23.7 Å². The molecule has 0 aromatic heterocycles. The van der Waals surface area contributed by atoms with Gasteiger partial charge in [0.25, 0.3) is 0 Å². The van der Waals surface area contributed by atoms with Gasteiger partial charge in [-0.2, -0.15) is 4.31 Å². The third-order valence-electron chi connectivity index (χ3n) is 6.81. The van der Waals surface area contributed by atoms with Crippen molar-refractivity contribution in [3.05, 3.63) is 94.5 Å². The van der Waals surface area contributed by atoms with Crippen molar-refractivity contribution in [3.8, 4) is 5.75 Å². The second kappa shape index (κ2) is 11.0. The van der Waals surface area contributed by atoms with Gasteiger partial charge in [0.05, 0.1) is 13.0 Å². The van der Waals surface area contributed by atoms with Crippen molar-refractivity contribution in [2.24, 2.45) is 0 Å². The number of carbonyl (C=O) groups is 1. The lowest BCUT2D eigenvalue weighted by atomic mass is 9.88. The third kappa shape index (κ3) is 6.10. The van der Waals surface area contributed by atoms with Crippen LogP contribution in [0.15, 0.2) is 71.6 Å². The molecule has 3 aromatic rings. The van der Waals surface area contributed by atoms with Crippen LogP contribution in [0.1, 0.15) is 53.5 Å². The van der Waals surface area contributed by atoms with E-state index in [1.807, 2.05) is 38.1 Å². The molecule has 0 radical (unpaired) electrons. The van der Waals surface area contributed by atoms with Gasteiger partial charge in [-0.15, -0.1) is 10.8 Å². The molecule has 0 bridgehead atoms. The summed E-state index contributed by atoms with van der Waals surface area (Å²) in [5, 5.41) is 9.60. The summed E-state index contributed by atoms with van der Waals surface area (Å²) in [5.74, 6) is -0.471. The van der Waals surface area contributed by atoms with Crippen LogP contribution in [-0.4, -0.2) is 37.1 Å². The molecule has 0 saturated heterocycles. The van der Waals surface area contributed by atoms with E-state index in [4.69, 9.17) is 4.74 Å². The summed E-state index contributed by atoms with van der Waals surface area (Å²) in [5.41, 5.74) is 5.32. The Balaban J connectivity index is 1.60. The molecule has 0 aliphatic carbocycles. The van der Waals surface area contributed by atoms with Crippen LogP contribution < -0.4 is 4.74 Å². The van der Waals surface area contributed by atoms with Crippen LogP contribution in [0.4, 0.5) is 0 Å². The van der Waals surface area contributed by atoms with Gasteiger partial charge in [-0.05, 0) is 73.9 Å². The van der Waals surface area contributed by atoms with E-state index < -0.39 is 16.7 Å². The molecule has 0 saturated carbocycles. The van der Waals surface area contributed by atoms with Crippen LogP contribution >= 0.6 is 10.8 Å². The normalized spacial score (nSPS) is 19.0. The minimum absolute atomic E-state index is 0.0471. The van der Waals surface area contributed by atoms with Crippen LogP contribution in [0.2, 0.25) is 0 Å². The maximum absolute atomic E-state index is 11.7. The quantitative estimate of drug-likeness (QED) is 0.309. The van der Waals surface area contributed by atoms with E-state index in [-0.39, 0.29) is 18.4 Å². The second-order valence-corrected chi connectivity index (χ2v) is 11.7. The zero-order chi connectivity index (χ0) is 25.9. The van der Waals surface area contributed by atoms with Gasteiger partial charge in [0, 0.05) is 6.54 Å². The molecule has 2 atom stereocenters. The fourth-order valence-electron chi connectivity index (χ4n) is 4.71. The Morgan fingerprint density at radius 1 is 1.08 bits per heavy atom. The van der Waals surface area contributed by atoms with Gasteiger partial charge in [-0.25, -0.2) is 0 Å². The lowest BCUT2D eigenvalue weighted by molar-refractivity contribution is -0.137. The molecule has 0 fully saturated rings. The van der Waals surface area contributed by atoms with E-state index in [9.17, 15) is 19.0 Å². The number of carboxylic acids is 1. The van der Waals surface area contributed by atoms with Gasteiger partial charge in [0.1, 0.15) is 16.7 Å². The van der Waals surface area contributed by atoms with E-state index in [1.165, 1.54) is 11.1 Å². The fourth-order valence-corrected chi connectivity index (χ4v) is 6.37. The molecule has 192 valence electrons. The van der Waals surface area contributed by atoms with Crippen molar-refractivity contribution in [1.82, 2.24) is 4.31 Å². The van der Waals surface area contributed by atoms with Gasteiger partial charge in [0.15, 0.2) is 0 Å². The molecule has 6 nitrogen and oxygen atoms in total. The lowest BCUT2D eigenvalue weighted by Gasteiger charge is -2.42. The summed E-state index contributed by atoms with van der Waals surface area (Å²) in [6, 6.07) is 21.5. The van der Waals surface area contributed by atoms with E-state index in [2.05, 4.69) is 31.2 Å². The smallest absolute Gasteiger partial charge is 0.303 e. The Hall–Kier alpha value is -2.84. The average Bonchev–Trinajstić information content (AvgIpc) is 2.92. The number of aryl methyl sites for hydroxylation is 3. The molecule has 4 rings (SSSR count). The fraction of sp³-hybridized carbons (Fsp3) is 0.345. The SMILES string of the molecule is Cc1ccc(CCC(CC(=O)O)c2ccc(C)c(CN3CC(C)Oc4ccccc4S3(O)O)c2)cc1. The number of ether oxygens (including phenoxy) is 1. The second-order valence-electron chi connectivity index (χ2n) is 9.72. The van der Waals surface area contributed by atoms with Crippen molar-refractivity contribution in [2.45, 2.75) is 63.5 Å². The number of fused-ring (bicyclic) bond motifs is 1. The first-order chi connectivity index (χ1) is 17.1. The predicted molar refractivity (Wildman–Crippen MR) is 144 cm³/mol. The highest BCUT2D eigenvalue weighted by Crippen LogP contribution is 2.57. The summed E-state index contributed by atoms with van der Waals surface area (Å²) >= 11 is 0. The molecular weight excluding hydrogens is 474 g/mol. The van der Waals surface area contributed by atoms with Crippen LogP contribution in [0.25, 0.3) is 0 Å². The predicted octanol–water partition coefficient (Wildman–Crippen LogP) is 6.80. The summed E-state index contributed by atoms with van der Waals surface area (Å²) in [6.45, 7) is 6.64. The first-order valence-corrected chi connectivity index (χ1v) is 13.8. The molecule has 3 aromatic carbocycles. The Morgan fingerprint density at radius 3 is 2.53 bits per heavy atom. The van der Waals surface area contributed by atoms with Crippen LogP contribution in [0.3, 0.4) is 0 Å².